The summed E-state index contributed by atoms with van der Waals surface area (Å²) in [5, 5.41) is 0. The number of hydrogen-bond acceptors (Lipinski definition) is 4. The molecule has 0 N–H and O–H groups in total. The lowest BCUT2D eigenvalue weighted by Crippen LogP contribution is -2.48. The smallest absolute Gasteiger partial charge is 0.162 e. The minimum atomic E-state index is -0.319. The average molecular weight is 521 g/mol. The maximum atomic E-state index is 14.1. The first kappa shape index (κ1) is 26.1. The number of hydrogen-bond donors (Lipinski definition) is 0. The summed E-state index contributed by atoms with van der Waals surface area (Å²) >= 11 is 1.69. The van der Waals surface area contributed by atoms with Crippen molar-refractivity contribution in [2.75, 3.05) is 32.7 Å². The summed E-state index contributed by atoms with van der Waals surface area (Å²) in [5.74, 6) is 0.0210. The number of nitrogens with zero attached hydrogens (tertiary/aromatic N) is 2. The van der Waals surface area contributed by atoms with E-state index in [0.29, 0.717) is 17.9 Å². The van der Waals surface area contributed by atoms with Gasteiger partial charge < -0.3 is 4.90 Å². The molecule has 3 nitrogen and oxygen atoms in total. The Bertz CT molecular complexity index is 1250. The van der Waals surface area contributed by atoms with Gasteiger partial charge in [0.15, 0.2) is 5.78 Å². The maximum Gasteiger partial charge on any atom is 0.162 e. The highest BCUT2D eigenvalue weighted by atomic mass is 32.2. The molecule has 0 saturated carbocycles. The molecule has 1 fully saturated rings. The summed E-state index contributed by atoms with van der Waals surface area (Å²) in [6.07, 6.45) is 2.16. The normalized spacial score (nSPS) is 18.4. The van der Waals surface area contributed by atoms with E-state index in [-0.39, 0.29) is 23.5 Å². The standard InChI is InChI=1S/C31H34F2N2OS/c1-21(2)23-8-12-30-27(18-23)28(19-24-7-11-26(33)20-31(24)37-30)35-16-14-34(15-17-35)13-3-4-29(36)22-5-9-25(32)10-6-22/h5-12,18,20-21,28H,3-4,13-17,19H2,1-2H3. The van der Waals surface area contributed by atoms with E-state index in [1.54, 1.807) is 36.0 Å². The van der Waals surface area contributed by atoms with Crippen LogP contribution in [0.1, 0.15) is 65.7 Å². The molecule has 2 aliphatic rings. The molecule has 3 aromatic rings. The second-order valence-electron chi connectivity index (χ2n) is 10.4. The maximum absolute atomic E-state index is 14.1. The van der Waals surface area contributed by atoms with Gasteiger partial charge in [0.25, 0.3) is 0 Å². The predicted molar refractivity (Wildman–Crippen MR) is 145 cm³/mol. The van der Waals surface area contributed by atoms with Crippen LogP contribution in [0.3, 0.4) is 0 Å². The Labute approximate surface area is 222 Å². The van der Waals surface area contributed by atoms with Crippen molar-refractivity contribution in [1.29, 1.82) is 0 Å². The highest BCUT2D eigenvalue weighted by Gasteiger charge is 2.30. The Morgan fingerprint density at radius 3 is 2.38 bits per heavy atom. The lowest BCUT2D eigenvalue weighted by molar-refractivity contribution is 0.0888. The average Bonchev–Trinajstić information content (AvgIpc) is 3.05. The van der Waals surface area contributed by atoms with Gasteiger partial charge in [-0.25, -0.2) is 8.78 Å². The summed E-state index contributed by atoms with van der Waals surface area (Å²) in [4.78, 5) is 19.7. The number of piperazine rings is 1. The molecule has 0 radical (unpaired) electrons. The van der Waals surface area contributed by atoms with Gasteiger partial charge in [0.05, 0.1) is 0 Å². The number of Topliss-reactive ketones (excluding diaryl/α,β-unsaturated/α-hetero) is 1. The van der Waals surface area contributed by atoms with Crippen LogP contribution in [0.25, 0.3) is 0 Å². The van der Waals surface area contributed by atoms with Crippen LogP contribution in [0.2, 0.25) is 0 Å². The van der Waals surface area contributed by atoms with Crippen molar-refractivity contribution in [3.05, 3.63) is 94.6 Å². The summed E-state index contributed by atoms with van der Waals surface area (Å²) in [6.45, 7) is 9.19. The van der Waals surface area contributed by atoms with Gasteiger partial charge in [0.2, 0.25) is 0 Å². The molecule has 1 atom stereocenters. The van der Waals surface area contributed by atoms with Gasteiger partial charge in [-0.2, -0.15) is 0 Å². The molecule has 5 rings (SSSR count). The highest BCUT2D eigenvalue weighted by molar-refractivity contribution is 7.99. The van der Waals surface area contributed by atoms with E-state index in [1.807, 2.05) is 6.07 Å². The topological polar surface area (TPSA) is 23.6 Å². The van der Waals surface area contributed by atoms with Gasteiger partial charge >= 0.3 is 0 Å². The molecule has 0 bridgehead atoms. The zero-order valence-corrected chi connectivity index (χ0v) is 22.4. The minimum absolute atomic E-state index is 0.0715. The zero-order valence-electron chi connectivity index (χ0n) is 21.6. The van der Waals surface area contributed by atoms with E-state index in [0.717, 1.165) is 50.5 Å². The molecular formula is C31H34F2N2OS. The van der Waals surface area contributed by atoms with Gasteiger partial charge in [-0.3, -0.25) is 9.69 Å². The van der Waals surface area contributed by atoms with Crippen LogP contribution < -0.4 is 0 Å². The summed E-state index contributed by atoms with van der Waals surface area (Å²) in [5.41, 5.74) is 4.48. The molecule has 3 aromatic carbocycles. The molecule has 0 aromatic heterocycles. The van der Waals surface area contributed by atoms with E-state index in [4.69, 9.17) is 0 Å². The second-order valence-corrected chi connectivity index (χ2v) is 11.5. The monoisotopic (exact) mass is 520 g/mol. The third-order valence-corrected chi connectivity index (χ3v) is 8.81. The summed E-state index contributed by atoms with van der Waals surface area (Å²) in [6, 6.07) is 18.1. The van der Waals surface area contributed by atoms with E-state index in [1.165, 1.54) is 33.7 Å². The van der Waals surface area contributed by atoms with Crippen molar-refractivity contribution in [3.63, 3.8) is 0 Å². The van der Waals surface area contributed by atoms with Crippen LogP contribution in [0.5, 0.6) is 0 Å². The van der Waals surface area contributed by atoms with Gasteiger partial charge in [0, 0.05) is 54.0 Å². The van der Waals surface area contributed by atoms with Gasteiger partial charge in [-0.15, -0.1) is 0 Å². The van der Waals surface area contributed by atoms with Crippen molar-refractivity contribution in [2.24, 2.45) is 0 Å². The fraction of sp³-hybridized carbons (Fsp3) is 0.387. The number of benzene rings is 3. The van der Waals surface area contributed by atoms with Crippen LogP contribution >= 0.6 is 11.8 Å². The zero-order chi connectivity index (χ0) is 25.9. The molecule has 2 aliphatic heterocycles. The molecular weight excluding hydrogens is 486 g/mol. The Balaban J connectivity index is 1.24. The molecule has 6 heteroatoms. The van der Waals surface area contributed by atoms with Crippen LogP contribution in [0.4, 0.5) is 8.78 Å². The number of fused-ring (bicyclic) bond motifs is 2. The minimum Gasteiger partial charge on any atom is -0.301 e. The third kappa shape index (κ3) is 6.14. The van der Waals surface area contributed by atoms with E-state index >= 15 is 0 Å². The van der Waals surface area contributed by atoms with Gasteiger partial charge in [-0.05, 0) is 84.5 Å². The number of carbonyl (C=O) groups is 1. The number of halogens is 2. The molecule has 0 amide bonds. The molecule has 2 heterocycles. The van der Waals surface area contributed by atoms with Gasteiger partial charge in [-0.1, -0.05) is 43.8 Å². The fourth-order valence-electron chi connectivity index (χ4n) is 5.38. The molecule has 0 spiro atoms. The summed E-state index contributed by atoms with van der Waals surface area (Å²) in [7, 11) is 0. The van der Waals surface area contributed by atoms with Crippen LogP contribution in [0.15, 0.2) is 70.5 Å². The SMILES string of the molecule is CC(C)c1ccc2c(c1)C(N1CCN(CCCC(=O)c3ccc(F)cc3)CC1)Cc1ccc(F)cc1S2. The number of rotatable bonds is 7. The van der Waals surface area contributed by atoms with Crippen molar-refractivity contribution in [2.45, 2.75) is 54.9 Å². The summed E-state index contributed by atoms with van der Waals surface area (Å²) < 4.78 is 27.2. The van der Waals surface area contributed by atoms with Crippen molar-refractivity contribution in [1.82, 2.24) is 9.80 Å². The lowest BCUT2D eigenvalue weighted by Gasteiger charge is -2.40. The van der Waals surface area contributed by atoms with E-state index in [2.05, 4.69) is 41.8 Å². The largest absolute Gasteiger partial charge is 0.301 e. The Kier molecular flexibility index (Phi) is 8.08. The number of ketones is 1. The molecule has 37 heavy (non-hydrogen) atoms. The van der Waals surface area contributed by atoms with E-state index < -0.39 is 0 Å². The van der Waals surface area contributed by atoms with Crippen molar-refractivity contribution < 1.29 is 13.6 Å². The van der Waals surface area contributed by atoms with Crippen molar-refractivity contribution in [3.8, 4) is 0 Å². The quantitative estimate of drug-likeness (QED) is 0.310. The number of carbonyl (C=O) groups excluding carboxylic acids is 1. The first-order valence-corrected chi connectivity index (χ1v) is 14.0. The van der Waals surface area contributed by atoms with Crippen LogP contribution in [0, 0.1) is 11.6 Å². The molecule has 0 aliphatic carbocycles. The Morgan fingerprint density at radius 1 is 0.919 bits per heavy atom. The first-order valence-electron chi connectivity index (χ1n) is 13.2. The predicted octanol–water partition coefficient (Wildman–Crippen LogP) is 7.12. The third-order valence-electron chi connectivity index (χ3n) is 7.61. The molecule has 194 valence electrons. The highest BCUT2D eigenvalue weighted by Crippen LogP contribution is 2.44. The van der Waals surface area contributed by atoms with Crippen LogP contribution in [-0.2, 0) is 6.42 Å². The molecule has 1 saturated heterocycles. The van der Waals surface area contributed by atoms with Gasteiger partial charge in [0.1, 0.15) is 11.6 Å². The Morgan fingerprint density at radius 2 is 1.65 bits per heavy atom. The van der Waals surface area contributed by atoms with E-state index in [9.17, 15) is 13.6 Å². The van der Waals surface area contributed by atoms with Crippen molar-refractivity contribution >= 4 is 17.5 Å². The second kappa shape index (κ2) is 11.5. The Hall–Kier alpha value is -2.54. The molecule has 1 unspecified atom stereocenters. The van der Waals surface area contributed by atoms with Crippen LogP contribution in [-0.4, -0.2) is 48.3 Å². The fourth-order valence-corrected chi connectivity index (χ4v) is 6.52. The lowest BCUT2D eigenvalue weighted by atomic mass is 9.93. The first-order chi connectivity index (χ1) is 17.9.